The Bertz CT molecular complexity index is 397. The SMILES string of the molecule is Cc1ccc(N2CCNCC(C)(C)C2=O)s1. The monoisotopic (exact) mass is 238 g/mol. The number of nitrogens with zero attached hydrogens (tertiary/aromatic N) is 1. The van der Waals surface area contributed by atoms with Crippen molar-refractivity contribution in [3.63, 3.8) is 0 Å². The zero-order valence-corrected chi connectivity index (χ0v) is 10.9. The van der Waals surface area contributed by atoms with Crippen LogP contribution in [0.2, 0.25) is 0 Å². The standard InChI is InChI=1S/C12H18N2OS/c1-9-4-5-10(16-9)14-7-6-13-8-12(2,3)11(14)15/h4-5,13H,6-8H2,1-3H3. The molecule has 0 radical (unpaired) electrons. The molecule has 0 spiro atoms. The van der Waals surface area contributed by atoms with Crippen molar-refractivity contribution < 1.29 is 4.79 Å². The van der Waals surface area contributed by atoms with E-state index in [0.29, 0.717) is 0 Å². The van der Waals surface area contributed by atoms with E-state index in [0.717, 1.165) is 24.6 Å². The molecule has 3 nitrogen and oxygen atoms in total. The molecule has 1 aromatic rings. The number of thiophene rings is 1. The Labute approximate surface area is 100 Å². The van der Waals surface area contributed by atoms with E-state index in [1.807, 2.05) is 24.8 Å². The second kappa shape index (κ2) is 4.18. The molecule has 0 unspecified atom stereocenters. The molecule has 1 aromatic heterocycles. The van der Waals surface area contributed by atoms with E-state index in [4.69, 9.17) is 0 Å². The van der Waals surface area contributed by atoms with E-state index >= 15 is 0 Å². The van der Waals surface area contributed by atoms with E-state index in [9.17, 15) is 4.79 Å². The van der Waals surface area contributed by atoms with Crippen LogP contribution in [0.4, 0.5) is 5.00 Å². The van der Waals surface area contributed by atoms with Crippen molar-refractivity contribution in [2.45, 2.75) is 20.8 Å². The first-order valence-corrected chi connectivity index (χ1v) is 6.41. The van der Waals surface area contributed by atoms with Gasteiger partial charge in [-0.3, -0.25) is 4.79 Å². The van der Waals surface area contributed by atoms with Gasteiger partial charge in [-0.2, -0.15) is 0 Å². The van der Waals surface area contributed by atoms with Crippen molar-refractivity contribution >= 4 is 22.2 Å². The summed E-state index contributed by atoms with van der Waals surface area (Å²) in [6.07, 6.45) is 0. The molecule has 1 amide bonds. The fourth-order valence-electron chi connectivity index (χ4n) is 1.91. The molecule has 4 heteroatoms. The van der Waals surface area contributed by atoms with Crippen LogP contribution in [-0.2, 0) is 4.79 Å². The average Bonchev–Trinajstić information content (AvgIpc) is 2.58. The third kappa shape index (κ3) is 2.13. The molecule has 1 fully saturated rings. The van der Waals surface area contributed by atoms with E-state index in [1.54, 1.807) is 11.3 Å². The molecular formula is C12H18N2OS. The lowest BCUT2D eigenvalue weighted by Gasteiger charge is -2.27. The van der Waals surface area contributed by atoms with Gasteiger partial charge in [-0.05, 0) is 32.9 Å². The highest BCUT2D eigenvalue weighted by Gasteiger charge is 2.34. The molecule has 0 bridgehead atoms. The van der Waals surface area contributed by atoms with Crippen LogP contribution in [0.15, 0.2) is 12.1 Å². The molecule has 0 aromatic carbocycles. The quantitative estimate of drug-likeness (QED) is 0.812. The summed E-state index contributed by atoms with van der Waals surface area (Å²) >= 11 is 1.69. The summed E-state index contributed by atoms with van der Waals surface area (Å²) in [5.74, 6) is 0.222. The molecule has 0 saturated carbocycles. The van der Waals surface area contributed by atoms with Crippen molar-refractivity contribution in [3.05, 3.63) is 17.0 Å². The highest BCUT2D eigenvalue weighted by atomic mass is 32.1. The minimum Gasteiger partial charge on any atom is -0.314 e. The van der Waals surface area contributed by atoms with Crippen LogP contribution in [0.1, 0.15) is 18.7 Å². The Morgan fingerprint density at radius 1 is 1.44 bits per heavy atom. The van der Waals surface area contributed by atoms with Crippen LogP contribution in [0, 0.1) is 12.3 Å². The summed E-state index contributed by atoms with van der Waals surface area (Å²) in [4.78, 5) is 15.5. The fourth-order valence-corrected chi connectivity index (χ4v) is 2.80. The third-order valence-corrected chi connectivity index (χ3v) is 3.92. The number of amides is 1. The molecule has 1 aliphatic rings. The van der Waals surface area contributed by atoms with Gasteiger partial charge in [-0.25, -0.2) is 0 Å². The van der Waals surface area contributed by atoms with E-state index in [1.165, 1.54) is 4.88 Å². The molecular weight excluding hydrogens is 220 g/mol. The molecule has 88 valence electrons. The predicted octanol–water partition coefficient (Wildman–Crippen LogP) is 2.02. The van der Waals surface area contributed by atoms with Gasteiger partial charge in [0.2, 0.25) is 5.91 Å². The molecule has 1 saturated heterocycles. The first-order valence-electron chi connectivity index (χ1n) is 5.60. The summed E-state index contributed by atoms with van der Waals surface area (Å²) in [6.45, 7) is 8.46. The lowest BCUT2D eigenvalue weighted by Crippen LogP contribution is -2.41. The van der Waals surface area contributed by atoms with Crippen LogP contribution in [0.3, 0.4) is 0 Å². The van der Waals surface area contributed by atoms with Gasteiger partial charge in [0.05, 0.1) is 10.4 Å². The van der Waals surface area contributed by atoms with Crippen LogP contribution < -0.4 is 10.2 Å². The number of hydrogen-bond donors (Lipinski definition) is 1. The number of carbonyl (C=O) groups excluding carboxylic acids is 1. The van der Waals surface area contributed by atoms with Crippen molar-refractivity contribution in [2.24, 2.45) is 5.41 Å². The zero-order chi connectivity index (χ0) is 11.8. The maximum Gasteiger partial charge on any atom is 0.234 e. The predicted molar refractivity (Wildman–Crippen MR) is 68.1 cm³/mol. The van der Waals surface area contributed by atoms with Crippen LogP contribution in [0.5, 0.6) is 0 Å². The summed E-state index contributed by atoms with van der Waals surface area (Å²) in [7, 11) is 0. The lowest BCUT2D eigenvalue weighted by atomic mass is 9.92. The van der Waals surface area contributed by atoms with Gasteiger partial charge in [-0.1, -0.05) is 0 Å². The Kier molecular flexibility index (Phi) is 3.04. The Balaban J connectivity index is 2.29. The number of nitrogens with one attached hydrogen (secondary N) is 1. The number of aryl methyl sites for hydroxylation is 1. The van der Waals surface area contributed by atoms with Crippen molar-refractivity contribution in [1.82, 2.24) is 5.32 Å². The first kappa shape index (κ1) is 11.6. The van der Waals surface area contributed by atoms with E-state index in [2.05, 4.69) is 18.3 Å². The van der Waals surface area contributed by atoms with Crippen LogP contribution >= 0.6 is 11.3 Å². The van der Waals surface area contributed by atoms with Crippen molar-refractivity contribution in [3.8, 4) is 0 Å². The topological polar surface area (TPSA) is 32.3 Å². The molecule has 1 aliphatic heterocycles. The minimum atomic E-state index is -0.311. The number of hydrogen-bond acceptors (Lipinski definition) is 3. The normalized spacial score (nSPS) is 20.9. The van der Waals surface area contributed by atoms with Gasteiger partial charge in [0, 0.05) is 24.5 Å². The largest absolute Gasteiger partial charge is 0.314 e. The molecule has 2 rings (SSSR count). The van der Waals surface area contributed by atoms with Gasteiger partial charge < -0.3 is 10.2 Å². The number of carbonyl (C=O) groups is 1. The van der Waals surface area contributed by atoms with Gasteiger partial charge in [0.1, 0.15) is 0 Å². The van der Waals surface area contributed by atoms with Crippen LogP contribution in [-0.4, -0.2) is 25.5 Å². The molecule has 0 atom stereocenters. The summed E-state index contributed by atoms with van der Waals surface area (Å²) in [5, 5.41) is 4.39. The second-order valence-electron chi connectivity index (χ2n) is 4.90. The minimum absolute atomic E-state index is 0.222. The van der Waals surface area contributed by atoms with Gasteiger partial charge in [0.15, 0.2) is 0 Å². The average molecular weight is 238 g/mol. The summed E-state index contributed by atoms with van der Waals surface area (Å²) in [5.41, 5.74) is -0.311. The Morgan fingerprint density at radius 3 is 2.81 bits per heavy atom. The second-order valence-corrected chi connectivity index (χ2v) is 6.17. The zero-order valence-electron chi connectivity index (χ0n) is 10.0. The molecule has 16 heavy (non-hydrogen) atoms. The number of anilines is 1. The lowest BCUT2D eigenvalue weighted by molar-refractivity contribution is -0.125. The van der Waals surface area contributed by atoms with Gasteiger partial charge in [0.25, 0.3) is 0 Å². The molecule has 2 heterocycles. The van der Waals surface area contributed by atoms with Crippen molar-refractivity contribution in [2.75, 3.05) is 24.5 Å². The molecule has 1 N–H and O–H groups in total. The maximum atomic E-state index is 12.4. The summed E-state index contributed by atoms with van der Waals surface area (Å²) < 4.78 is 0. The highest BCUT2D eigenvalue weighted by Crippen LogP contribution is 2.30. The Morgan fingerprint density at radius 2 is 2.19 bits per heavy atom. The van der Waals surface area contributed by atoms with Crippen molar-refractivity contribution in [1.29, 1.82) is 0 Å². The van der Waals surface area contributed by atoms with Gasteiger partial charge >= 0.3 is 0 Å². The highest BCUT2D eigenvalue weighted by molar-refractivity contribution is 7.16. The van der Waals surface area contributed by atoms with E-state index in [-0.39, 0.29) is 11.3 Å². The van der Waals surface area contributed by atoms with Crippen LogP contribution in [0.25, 0.3) is 0 Å². The molecule has 0 aliphatic carbocycles. The third-order valence-electron chi connectivity index (χ3n) is 2.90. The van der Waals surface area contributed by atoms with E-state index < -0.39 is 0 Å². The Hall–Kier alpha value is -0.870. The maximum absolute atomic E-state index is 12.4. The fraction of sp³-hybridized carbons (Fsp3) is 0.583. The number of rotatable bonds is 1. The summed E-state index contributed by atoms with van der Waals surface area (Å²) in [6, 6.07) is 4.11. The van der Waals surface area contributed by atoms with Gasteiger partial charge in [-0.15, -0.1) is 11.3 Å². The smallest absolute Gasteiger partial charge is 0.234 e. The first-order chi connectivity index (χ1) is 7.50.